The van der Waals surface area contributed by atoms with E-state index in [4.69, 9.17) is 0 Å². The minimum Gasteiger partial charge on any atom is -0.243 e. The summed E-state index contributed by atoms with van der Waals surface area (Å²) in [6.45, 7) is 0. The van der Waals surface area contributed by atoms with Crippen molar-refractivity contribution >= 4 is 0 Å². The summed E-state index contributed by atoms with van der Waals surface area (Å²) >= 11 is 0. The Kier molecular flexibility index (Phi) is 2.79. The highest BCUT2D eigenvalue weighted by Crippen LogP contribution is 2.48. The first-order valence-corrected chi connectivity index (χ1v) is 4.62. The average molecular weight is 258 g/mol. The van der Waals surface area contributed by atoms with Gasteiger partial charge < -0.3 is 0 Å². The van der Waals surface area contributed by atoms with Crippen molar-refractivity contribution in [3.63, 3.8) is 0 Å². The summed E-state index contributed by atoms with van der Waals surface area (Å²) in [5.74, 6) is -14.0. The molecular weight excluding hydrogens is 253 g/mol. The van der Waals surface area contributed by atoms with Crippen molar-refractivity contribution in [1.29, 1.82) is 0 Å². The standard InChI is InChI=1S/C10H5F7/c11-3-1-2-4(7(14)6(3)13)8(15)10(17)9(16)5(2)12/h1-2,4,6-7H. The topological polar surface area (TPSA) is 0 Å². The van der Waals surface area contributed by atoms with Crippen LogP contribution in [0.2, 0.25) is 0 Å². The normalized spacial score (nSPS) is 38.2. The second kappa shape index (κ2) is 3.89. The van der Waals surface area contributed by atoms with Gasteiger partial charge in [0.1, 0.15) is 23.7 Å². The molecule has 4 unspecified atom stereocenters. The Balaban J connectivity index is 2.57. The smallest absolute Gasteiger partial charge is 0.193 e. The van der Waals surface area contributed by atoms with Gasteiger partial charge in [-0.25, -0.2) is 30.7 Å². The first-order chi connectivity index (χ1) is 7.86. The van der Waals surface area contributed by atoms with Crippen molar-refractivity contribution in [2.45, 2.75) is 12.3 Å². The van der Waals surface area contributed by atoms with Gasteiger partial charge in [0.2, 0.25) is 0 Å². The highest BCUT2D eigenvalue weighted by atomic mass is 19.2. The molecule has 0 aromatic carbocycles. The van der Waals surface area contributed by atoms with E-state index in [1.165, 1.54) is 0 Å². The third-order valence-electron chi connectivity index (χ3n) is 2.81. The molecule has 0 saturated carbocycles. The lowest BCUT2D eigenvalue weighted by Crippen LogP contribution is -2.39. The van der Waals surface area contributed by atoms with E-state index < -0.39 is 53.3 Å². The minimum absolute atomic E-state index is 0.229. The third-order valence-corrected chi connectivity index (χ3v) is 2.81. The Morgan fingerprint density at radius 2 is 1.35 bits per heavy atom. The first kappa shape index (κ1) is 12.2. The summed E-state index contributed by atoms with van der Waals surface area (Å²) in [4.78, 5) is 0. The number of fused-ring (bicyclic) bond motifs is 1. The van der Waals surface area contributed by atoms with Crippen molar-refractivity contribution in [2.24, 2.45) is 11.8 Å². The fourth-order valence-corrected chi connectivity index (χ4v) is 1.93. The molecule has 0 saturated heterocycles. The van der Waals surface area contributed by atoms with Gasteiger partial charge in [-0.2, -0.15) is 0 Å². The van der Waals surface area contributed by atoms with E-state index in [9.17, 15) is 30.7 Å². The van der Waals surface area contributed by atoms with Gasteiger partial charge in [-0.1, -0.05) is 0 Å². The van der Waals surface area contributed by atoms with Gasteiger partial charge >= 0.3 is 0 Å². The number of rotatable bonds is 0. The highest BCUT2D eigenvalue weighted by molar-refractivity contribution is 5.38. The van der Waals surface area contributed by atoms with Gasteiger partial charge in [0.05, 0.1) is 5.92 Å². The van der Waals surface area contributed by atoms with Crippen LogP contribution >= 0.6 is 0 Å². The fourth-order valence-electron chi connectivity index (χ4n) is 1.93. The zero-order valence-corrected chi connectivity index (χ0v) is 8.03. The summed E-state index contributed by atoms with van der Waals surface area (Å²) in [6, 6.07) is 0. The van der Waals surface area contributed by atoms with Crippen molar-refractivity contribution in [3.05, 3.63) is 35.2 Å². The van der Waals surface area contributed by atoms with Crippen LogP contribution in [0, 0.1) is 11.8 Å². The van der Waals surface area contributed by atoms with Crippen LogP contribution in [0.15, 0.2) is 35.2 Å². The molecule has 0 N–H and O–H groups in total. The van der Waals surface area contributed by atoms with E-state index in [0.717, 1.165) is 0 Å². The Bertz CT molecular complexity index is 448. The summed E-state index contributed by atoms with van der Waals surface area (Å²) in [5, 5.41) is 0. The molecule has 2 aliphatic rings. The third kappa shape index (κ3) is 1.59. The molecule has 7 heteroatoms. The van der Waals surface area contributed by atoms with E-state index in [1.807, 2.05) is 0 Å². The van der Waals surface area contributed by atoms with Crippen molar-refractivity contribution in [3.8, 4) is 0 Å². The molecule has 0 heterocycles. The molecule has 0 aromatic heterocycles. The number of allylic oxidation sites excluding steroid dienone is 6. The van der Waals surface area contributed by atoms with E-state index in [1.54, 1.807) is 0 Å². The number of hydrogen-bond acceptors (Lipinski definition) is 0. The molecule has 0 radical (unpaired) electrons. The van der Waals surface area contributed by atoms with Crippen LogP contribution < -0.4 is 0 Å². The maximum atomic E-state index is 13.3. The molecule has 2 aliphatic carbocycles. The van der Waals surface area contributed by atoms with Crippen LogP contribution in [0.1, 0.15) is 0 Å². The average Bonchev–Trinajstić information content (AvgIpc) is 2.30. The Labute approximate surface area is 91.1 Å². The van der Waals surface area contributed by atoms with E-state index in [2.05, 4.69) is 0 Å². The van der Waals surface area contributed by atoms with E-state index in [0.29, 0.717) is 0 Å². The lowest BCUT2D eigenvalue weighted by molar-refractivity contribution is 0.0799. The fraction of sp³-hybridized carbons (Fsp3) is 0.400. The van der Waals surface area contributed by atoms with Gasteiger partial charge in [-0.15, -0.1) is 0 Å². The monoisotopic (exact) mass is 258 g/mol. The Morgan fingerprint density at radius 3 is 1.94 bits per heavy atom. The molecule has 0 fully saturated rings. The number of hydrogen-bond donors (Lipinski definition) is 0. The Morgan fingerprint density at radius 1 is 0.824 bits per heavy atom. The second-order valence-electron chi connectivity index (χ2n) is 3.77. The van der Waals surface area contributed by atoms with Crippen molar-refractivity contribution in [2.75, 3.05) is 0 Å². The molecule has 0 aromatic rings. The number of halogens is 7. The molecule has 0 nitrogen and oxygen atoms in total. The van der Waals surface area contributed by atoms with Crippen LogP contribution in [0.5, 0.6) is 0 Å². The molecule has 2 rings (SSSR count). The minimum atomic E-state index is -2.80. The SMILES string of the molecule is FC1=CC2C(F)=C(F)C(F)=C(F)C2C(F)C1F. The maximum absolute atomic E-state index is 13.3. The summed E-state index contributed by atoms with van der Waals surface area (Å²) in [7, 11) is 0. The molecule has 4 atom stereocenters. The zero-order valence-electron chi connectivity index (χ0n) is 8.03. The predicted octanol–water partition coefficient (Wildman–Crippen LogP) is 4.08. The highest BCUT2D eigenvalue weighted by Gasteiger charge is 2.50. The zero-order chi connectivity index (χ0) is 12.9. The van der Waals surface area contributed by atoms with Gasteiger partial charge in [0.25, 0.3) is 0 Å². The molecular formula is C10H5F7. The lowest BCUT2D eigenvalue weighted by Gasteiger charge is -2.33. The molecule has 0 aliphatic heterocycles. The van der Waals surface area contributed by atoms with Gasteiger partial charge in [-0.05, 0) is 6.08 Å². The summed E-state index contributed by atoms with van der Waals surface area (Å²) in [5.41, 5.74) is 0. The summed E-state index contributed by atoms with van der Waals surface area (Å²) < 4.78 is 91.0. The van der Waals surface area contributed by atoms with Gasteiger partial charge in [0, 0.05) is 5.92 Å². The van der Waals surface area contributed by atoms with E-state index >= 15 is 0 Å². The molecule has 94 valence electrons. The first-order valence-electron chi connectivity index (χ1n) is 4.62. The van der Waals surface area contributed by atoms with Gasteiger partial charge in [-0.3, -0.25) is 0 Å². The number of alkyl halides is 2. The van der Waals surface area contributed by atoms with Crippen LogP contribution in [0.4, 0.5) is 30.7 Å². The van der Waals surface area contributed by atoms with Crippen LogP contribution in [-0.2, 0) is 0 Å². The van der Waals surface area contributed by atoms with Crippen LogP contribution in [0.25, 0.3) is 0 Å². The molecule has 0 amide bonds. The van der Waals surface area contributed by atoms with Crippen molar-refractivity contribution in [1.82, 2.24) is 0 Å². The molecule has 0 spiro atoms. The van der Waals surface area contributed by atoms with Crippen LogP contribution in [-0.4, -0.2) is 12.3 Å². The Hall–Kier alpha value is -1.27. The largest absolute Gasteiger partial charge is 0.243 e. The van der Waals surface area contributed by atoms with Crippen molar-refractivity contribution < 1.29 is 30.7 Å². The molecule has 17 heavy (non-hydrogen) atoms. The quantitative estimate of drug-likeness (QED) is 0.574. The molecule has 0 bridgehead atoms. The second-order valence-corrected chi connectivity index (χ2v) is 3.77. The predicted molar refractivity (Wildman–Crippen MR) is 44.4 cm³/mol. The van der Waals surface area contributed by atoms with Gasteiger partial charge in [0.15, 0.2) is 17.8 Å². The van der Waals surface area contributed by atoms with Crippen LogP contribution in [0.3, 0.4) is 0 Å². The van der Waals surface area contributed by atoms with E-state index in [-0.39, 0.29) is 6.08 Å². The maximum Gasteiger partial charge on any atom is 0.193 e. The summed E-state index contributed by atoms with van der Waals surface area (Å²) in [6.07, 6.45) is -5.37. The lowest BCUT2D eigenvalue weighted by atomic mass is 9.77.